The number of rotatable bonds is 2. The molecule has 0 aromatic heterocycles. The zero-order valence-corrected chi connectivity index (χ0v) is 9.45. The average Bonchev–Trinajstić information content (AvgIpc) is 2.22. The minimum Gasteiger partial charge on any atom is -0.508 e. The van der Waals surface area contributed by atoms with E-state index in [1.807, 2.05) is 12.1 Å². The minimum atomic E-state index is 0.302. The summed E-state index contributed by atoms with van der Waals surface area (Å²) < 4.78 is 0. The second-order valence-corrected chi connectivity index (χ2v) is 4.76. The third-order valence-corrected chi connectivity index (χ3v) is 3.15. The lowest BCUT2D eigenvalue weighted by Crippen LogP contribution is -2.35. The number of aromatic hydroxyl groups is 1. The van der Waals surface area contributed by atoms with Crippen LogP contribution in [0.25, 0.3) is 0 Å². The number of halogens is 1. The molecule has 1 aromatic carbocycles. The van der Waals surface area contributed by atoms with Crippen LogP contribution >= 0.6 is 11.6 Å². The van der Waals surface area contributed by atoms with Gasteiger partial charge < -0.3 is 5.11 Å². The van der Waals surface area contributed by atoms with Gasteiger partial charge >= 0.3 is 0 Å². The van der Waals surface area contributed by atoms with Crippen LogP contribution < -0.4 is 0 Å². The number of phenols is 1. The van der Waals surface area contributed by atoms with Gasteiger partial charge in [0.1, 0.15) is 5.75 Å². The van der Waals surface area contributed by atoms with Gasteiger partial charge in [-0.05, 0) is 37.1 Å². The SMILES string of the molecule is Oc1ccc(CN2CCCC(Cl)C2)cc1. The first kappa shape index (κ1) is 10.8. The molecule has 1 saturated heterocycles. The Balaban J connectivity index is 1.93. The molecule has 0 spiro atoms. The Bertz CT molecular complexity index is 312. The number of phenolic OH excluding ortho intramolecular Hbond substituents is 1. The van der Waals surface area contributed by atoms with E-state index in [1.54, 1.807) is 12.1 Å². The minimum absolute atomic E-state index is 0.302. The fraction of sp³-hybridized carbons (Fsp3) is 0.500. The standard InChI is InChI=1S/C12H16ClNO/c13-11-2-1-7-14(9-11)8-10-3-5-12(15)6-4-10/h3-6,11,15H,1-2,7-9H2. The Morgan fingerprint density at radius 2 is 2.07 bits per heavy atom. The van der Waals surface area contributed by atoms with E-state index in [-0.39, 0.29) is 0 Å². The van der Waals surface area contributed by atoms with Crippen molar-refractivity contribution in [1.29, 1.82) is 0 Å². The topological polar surface area (TPSA) is 23.5 Å². The zero-order valence-electron chi connectivity index (χ0n) is 8.69. The van der Waals surface area contributed by atoms with Crippen molar-refractivity contribution in [2.75, 3.05) is 13.1 Å². The number of likely N-dealkylation sites (tertiary alicyclic amines) is 1. The Morgan fingerprint density at radius 3 is 2.73 bits per heavy atom. The lowest BCUT2D eigenvalue weighted by Gasteiger charge is -2.29. The maximum absolute atomic E-state index is 9.17. The Hall–Kier alpha value is -0.730. The summed E-state index contributed by atoms with van der Waals surface area (Å²) in [6.07, 6.45) is 2.32. The number of hydrogen-bond donors (Lipinski definition) is 1. The molecule has 1 aliphatic heterocycles. The van der Waals surface area contributed by atoms with Crippen LogP contribution in [-0.4, -0.2) is 28.5 Å². The van der Waals surface area contributed by atoms with Crippen LogP contribution in [0.1, 0.15) is 18.4 Å². The lowest BCUT2D eigenvalue weighted by molar-refractivity contribution is 0.224. The quantitative estimate of drug-likeness (QED) is 0.783. The summed E-state index contributed by atoms with van der Waals surface area (Å²) in [5.74, 6) is 0.326. The van der Waals surface area contributed by atoms with E-state index >= 15 is 0 Å². The molecule has 0 bridgehead atoms. The van der Waals surface area contributed by atoms with Crippen molar-refractivity contribution < 1.29 is 5.11 Å². The van der Waals surface area contributed by atoms with Gasteiger partial charge in [-0.2, -0.15) is 0 Å². The first-order valence-corrected chi connectivity index (χ1v) is 5.82. The molecule has 1 aromatic rings. The highest BCUT2D eigenvalue weighted by Crippen LogP contribution is 2.18. The molecule has 1 unspecified atom stereocenters. The largest absolute Gasteiger partial charge is 0.508 e. The number of piperidine rings is 1. The maximum Gasteiger partial charge on any atom is 0.115 e. The van der Waals surface area contributed by atoms with Crippen LogP contribution in [0.4, 0.5) is 0 Å². The number of nitrogens with zero attached hydrogens (tertiary/aromatic N) is 1. The van der Waals surface area contributed by atoms with Crippen molar-refractivity contribution in [3.8, 4) is 5.75 Å². The molecule has 1 atom stereocenters. The van der Waals surface area contributed by atoms with E-state index in [0.29, 0.717) is 11.1 Å². The number of alkyl halides is 1. The van der Waals surface area contributed by atoms with Gasteiger partial charge in [0, 0.05) is 18.5 Å². The molecule has 2 nitrogen and oxygen atoms in total. The van der Waals surface area contributed by atoms with Crippen LogP contribution in [0, 0.1) is 0 Å². The summed E-state index contributed by atoms with van der Waals surface area (Å²) in [6, 6.07) is 7.40. The monoisotopic (exact) mass is 225 g/mol. The van der Waals surface area contributed by atoms with E-state index in [1.165, 1.54) is 12.0 Å². The first-order chi connectivity index (χ1) is 7.24. The van der Waals surface area contributed by atoms with Crippen molar-refractivity contribution in [3.05, 3.63) is 29.8 Å². The van der Waals surface area contributed by atoms with Crippen molar-refractivity contribution in [1.82, 2.24) is 4.90 Å². The van der Waals surface area contributed by atoms with E-state index in [2.05, 4.69) is 4.90 Å². The smallest absolute Gasteiger partial charge is 0.115 e. The predicted molar refractivity (Wildman–Crippen MR) is 62.3 cm³/mol. The summed E-state index contributed by atoms with van der Waals surface area (Å²) in [5, 5.41) is 9.47. The Kier molecular flexibility index (Phi) is 3.49. The molecule has 2 rings (SSSR count). The van der Waals surface area contributed by atoms with Crippen LogP contribution in [0.15, 0.2) is 24.3 Å². The molecule has 0 saturated carbocycles. The van der Waals surface area contributed by atoms with Crippen LogP contribution in [0.3, 0.4) is 0 Å². The van der Waals surface area contributed by atoms with Gasteiger partial charge in [-0.3, -0.25) is 4.90 Å². The van der Waals surface area contributed by atoms with Gasteiger partial charge in [0.25, 0.3) is 0 Å². The summed E-state index contributed by atoms with van der Waals surface area (Å²) >= 11 is 6.12. The Labute approximate surface area is 95.5 Å². The van der Waals surface area contributed by atoms with Crippen LogP contribution in [-0.2, 0) is 6.54 Å². The zero-order chi connectivity index (χ0) is 10.7. The average molecular weight is 226 g/mol. The second-order valence-electron chi connectivity index (χ2n) is 4.14. The number of benzene rings is 1. The Morgan fingerprint density at radius 1 is 1.33 bits per heavy atom. The second kappa shape index (κ2) is 4.86. The third-order valence-electron chi connectivity index (χ3n) is 2.79. The molecule has 1 aliphatic rings. The van der Waals surface area contributed by atoms with E-state index in [9.17, 15) is 0 Å². The van der Waals surface area contributed by atoms with E-state index in [4.69, 9.17) is 16.7 Å². The van der Waals surface area contributed by atoms with Crippen molar-refractivity contribution >= 4 is 11.6 Å². The fourth-order valence-corrected chi connectivity index (χ4v) is 2.35. The molecule has 1 fully saturated rings. The van der Waals surface area contributed by atoms with Crippen molar-refractivity contribution in [2.24, 2.45) is 0 Å². The molecule has 82 valence electrons. The van der Waals surface area contributed by atoms with Gasteiger partial charge in [-0.25, -0.2) is 0 Å². The molecular formula is C12H16ClNO. The van der Waals surface area contributed by atoms with Crippen LogP contribution in [0.2, 0.25) is 0 Å². The normalized spacial score (nSPS) is 22.9. The van der Waals surface area contributed by atoms with Gasteiger partial charge in [-0.15, -0.1) is 11.6 Å². The highest BCUT2D eigenvalue weighted by Gasteiger charge is 2.17. The molecule has 0 aliphatic carbocycles. The fourth-order valence-electron chi connectivity index (χ4n) is 2.00. The van der Waals surface area contributed by atoms with E-state index < -0.39 is 0 Å². The lowest BCUT2D eigenvalue weighted by atomic mass is 10.1. The summed E-state index contributed by atoms with van der Waals surface area (Å²) in [4.78, 5) is 2.37. The van der Waals surface area contributed by atoms with Crippen LogP contribution in [0.5, 0.6) is 5.75 Å². The molecule has 1 N–H and O–H groups in total. The predicted octanol–water partition coefficient (Wildman–Crippen LogP) is 2.60. The van der Waals surface area contributed by atoms with Gasteiger partial charge in [-0.1, -0.05) is 12.1 Å². The molecule has 15 heavy (non-hydrogen) atoms. The molecular weight excluding hydrogens is 210 g/mol. The summed E-state index contributed by atoms with van der Waals surface area (Å²) in [7, 11) is 0. The van der Waals surface area contributed by atoms with Crippen molar-refractivity contribution in [3.63, 3.8) is 0 Å². The first-order valence-electron chi connectivity index (χ1n) is 5.38. The molecule has 0 amide bonds. The molecule has 1 heterocycles. The summed E-state index contributed by atoms with van der Waals surface area (Å²) in [6.45, 7) is 3.04. The highest BCUT2D eigenvalue weighted by molar-refractivity contribution is 6.20. The molecule has 0 radical (unpaired) electrons. The number of hydrogen-bond acceptors (Lipinski definition) is 2. The van der Waals surface area contributed by atoms with E-state index in [0.717, 1.165) is 26.1 Å². The van der Waals surface area contributed by atoms with Crippen molar-refractivity contribution in [2.45, 2.75) is 24.8 Å². The highest BCUT2D eigenvalue weighted by atomic mass is 35.5. The summed E-state index contributed by atoms with van der Waals surface area (Å²) in [5.41, 5.74) is 1.23. The third kappa shape index (κ3) is 3.11. The maximum atomic E-state index is 9.17. The van der Waals surface area contributed by atoms with Gasteiger partial charge in [0.05, 0.1) is 0 Å². The molecule has 3 heteroatoms. The van der Waals surface area contributed by atoms with Gasteiger partial charge in [0.2, 0.25) is 0 Å². The van der Waals surface area contributed by atoms with Gasteiger partial charge in [0.15, 0.2) is 0 Å².